The van der Waals surface area contributed by atoms with Crippen LogP contribution in [0, 0.1) is 18.3 Å². The molecule has 0 spiro atoms. The fraction of sp³-hybridized carbons (Fsp3) is 0.500. The summed E-state index contributed by atoms with van der Waals surface area (Å²) in [4.78, 5) is 6.41. The lowest BCUT2D eigenvalue weighted by Gasteiger charge is -2.24. The molecule has 1 aromatic heterocycles. The normalized spacial score (nSPS) is 19.8. The number of pyridine rings is 1. The number of aromatic nitrogens is 1. The number of aliphatic hydroxyl groups is 1. The number of aryl methyl sites for hydroxylation is 1. The summed E-state index contributed by atoms with van der Waals surface area (Å²) in [5.41, 5.74) is 1.37. The summed E-state index contributed by atoms with van der Waals surface area (Å²) in [5, 5.41) is 18.2. The van der Waals surface area contributed by atoms with Crippen molar-refractivity contribution in [1.82, 2.24) is 4.98 Å². The van der Waals surface area contributed by atoms with E-state index in [1.165, 1.54) is 0 Å². The van der Waals surface area contributed by atoms with Crippen LogP contribution in [0.3, 0.4) is 0 Å². The van der Waals surface area contributed by atoms with E-state index < -0.39 is 0 Å². The van der Waals surface area contributed by atoms with Crippen LogP contribution in [0.4, 0.5) is 5.82 Å². The van der Waals surface area contributed by atoms with Gasteiger partial charge in [-0.05, 0) is 31.4 Å². The summed E-state index contributed by atoms with van der Waals surface area (Å²) in [7, 11) is 0. The van der Waals surface area contributed by atoms with E-state index in [1.807, 2.05) is 19.1 Å². The highest BCUT2D eigenvalue weighted by Crippen LogP contribution is 2.24. The monoisotopic (exact) mass is 217 g/mol. The van der Waals surface area contributed by atoms with Gasteiger partial charge in [0.2, 0.25) is 0 Å². The zero-order chi connectivity index (χ0) is 11.5. The Hall–Kier alpha value is -1.60. The fourth-order valence-electron chi connectivity index (χ4n) is 2.12. The minimum atomic E-state index is 0.150. The maximum atomic E-state index is 9.24. The maximum absolute atomic E-state index is 9.24. The minimum absolute atomic E-state index is 0.150. The van der Waals surface area contributed by atoms with Gasteiger partial charge in [0, 0.05) is 6.54 Å². The summed E-state index contributed by atoms with van der Waals surface area (Å²) in [5.74, 6) is 0.804. The molecule has 1 unspecified atom stereocenters. The molecule has 2 heterocycles. The third-order valence-electron chi connectivity index (χ3n) is 3.07. The molecule has 1 aliphatic rings. The van der Waals surface area contributed by atoms with Crippen molar-refractivity contribution in [3.05, 3.63) is 23.4 Å². The minimum Gasteiger partial charge on any atom is -0.394 e. The molecule has 1 aliphatic heterocycles. The van der Waals surface area contributed by atoms with Crippen molar-refractivity contribution in [1.29, 1.82) is 5.26 Å². The van der Waals surface area contributed by atoms with Crippen LogP contribution in [-0.4, -0.2) is 29.3 Å². The molecule has 4 nitrogen and oxygen atoms in total. The molecule has 2 rings (SSSR count). The lowest BCUT2D eigenvalue weighted by atomic mass is 10.2. The lowest BCUT2D eigenvalue weighted by molar-refractivity contribution is 0.266. The number of aliphatic hydroxyl groups excluding tert-OH is 1. The molecule has 0 aromatic carbocycles. The second-order valence-corrected chi connectivity index (χ2v) is 4.12. The third-order valence-corrected chi connectivity index (χ3v) is 3.07. The molecular weight excluding hydrogens is 202 g/mol. The van der Waals surface area contributed by atoms with Crippen LogP contribution in [0.1, 0.15) is 24.1 Å². The average Bonchev–Trinajstić information content (AvgIpc) is 2.78. The highest BCUT2D eigenvalue weighted by atomic mass is 16.3. The van der Waals surface area contributed by atoms with Gasteiger partial charge in [-0.2, -0.15) is 5.26 Å². The number of hydrogen-bond donors (Lipinski definition) is 1. The maximum Gasteiger partial charge on any atom is 0.145 e. The van der Waals surface area contributed by atoms with Crippen molar-refractivity contribution in [2.75, 3.05) is 18.1 Å². The second-order valence-electron chi connectivity index (χ2n) is 4.12. The molecule has 1 fully saturated rings. The van der Waals surface area contributed by atoms with Gasteiger partial charge in [0.1, 0.15) is 17.6 Å². The Bertz CT molecular complexity index is 425. The first kappa shape index (κ1) is 10.9. The summed E-state index contributed by atoms with van der Waals surface area (Å²) in [6, 6.07) is 6.08. The van der Waals surface area contributed by atoms with Gasteiger partial charge in [-0.15, -0.1) is 0 Å². The predicted molar refractivity (Wildman–Crippen MR) is 61.1 cm³/mol. The zero-order valence-corrected chi connectivity index (χ0v) is 9.35. The molecule has 1 saturated heterocycles. The number of anilines is 1. The van der Waals surface area contributed by atoms with Gasteiger partial charge in [-0.25, -0.2) is 4.98 Å². The van der Waals surface area contributed by atoms with Crippen LogP contribution in [0.25, 0.3) is 0 Å². The van der Waals surface area contributed by atoms with E-state index in [-0.39, 0.29) is 12.6 Å². The molecule has 0 amide bonds. The SMILES string of the molecule is Cc1ccc(N2CCCC2CO)nc1C#N. The Kier molecular flexibility index (Phi) is 3.07. The van der Waals surface area contributed by atoms with Gasteiger partial charge >= 0.3 is 0 Å². The summed E-state index contributed by atoms with van der Waals surface area (Å²) < 4.78 is 0. The number of hydrogen-bond acceptors (Lipinski definition) is 4. The average molecular weight is 217 g/mol. The van der Waals surface area contributed by atoms with E-state index >= 15 is 0 Å². The molecule has 1 aromatic rings. The van der Waals surface area contributed by atoms with E-state index in [0.717, 1.165) is 30.8 Å². The first-order valence-electron chi connectivity index (χ1n) is 5.51. The largest absolute Gasteiger partial charge is 0.394 e. The van der Waals surface area contributed by atoms with E-state index in [2.05, 4.69) is 16.0 Å². The zero-order valence-electron chi connectivity index (χ0n) is 9.35. The van der Waals surface area contributed by atoms with Crippen molar-refractivity contribution in [2.45, 2.75) is 25.8 Å². The Morgan fingerprint density at radius 2 is 2.44 bits per heavy atom. The lowest BCUT2D eigenvalue weighted by Crippen LogP contribution is -2.32. The highest BCUT2D eigenvalue weighted by Gasteiger charge is 2.25. The van der Waals surface area contributed by atoms with Crippen molar-refractivity contribution >= 4 is 5.82 Å². The quantitative estimate of drug-likeness (QED) is 0.809. The molecule has 1 N–H and O–H groups in total. The fourth-order valence-corrected chi connectivity index (χ4v) is 2.12. The van der Waals surface area contributed by atoms with Crippen molar-refractivity contribution in [2.24, 2.45) is 0 Å². The van der Waals surface area contributed by atoms with Crippen LogP contribution in [0.2, 0.25) is 0 Å². The van der Waals surface area contributed by atoms with Gasteiger partial charge in [-0.3, -0.25) is 0 Å². The van der Waals surface area contributed by atoms with Crippen molar-refractivity contribution < 1.29 is 5.11 Å². The van der Waals surface area contributed by atoms with Crippen LogP contribution in [0.15, 0.2) is 12.1 Å². The Morgan fingerprint density at radius 3 is 3.12 bits per heavy atom. The van der Waals surface area contributed by atoms with Crippen molar-refractivity contribution in [3.8, 4) is 6.07 Å². The summed E-state index contributed by atoms with van der Waals surface area (Å²) in [6.45, 7) is 2.94. The summed E-state index contributed by atoms with van der Waals surface area (Å²) in [6.07, 6.45) is 2.07. The van der Waals surface area contributed by atoms with Crippen LogP contribution >= 0.6 is 0 Å². The van der Waals surface area contributed by atoms with Gasteiger partial charge < -0.3 is 10.0 Å². The molecular formula is C12H15N3O. The van der Waals surface area contributed by atoms with Crippen molar-refractivity contribution in [3.63, 3.8) is 0 Å². The van der Waals surface area contributed by atoms with Crippen LogP contribution in [-0.2, 0) is 0 Å². The molecule has 16 heavy (non-hydrogen) atoms. The smallest absolute Gasteiger partial charge is 0.145 e. The molecule has 84 valence electrons. The molecule has 4 heteroatoms. The van der Waals surface area contributed by atoms with E-state index in [1.54, 1.807) is 0 Å². The molecule has 0 radical (unpaired) electrons. The Balaban J connectivity index is 2.30. The standard InChI is InChI=1S/C12H15N3O/c1-9-4-5-12(14-11(9)7-13)15-6-2-3-10(15)8-16/h4-5,10,16H,2-3,6,8H2,1H3. The third kappa shape index (κ3) is 1.86. The molecule has 1 atom stereocenters. The first-order chi connectivity index (χ1) is 7.76. The van der Waals surface area contributed by atoms with Gasteiger partial charge in [0.25, 0.3) is 0 Å². The van der Waals surface area contributed by atoms with Crippen LogP contribution < -0.4 is 4.90 Å². The molecule has 0 saturated carbocycles. The number of nitriles is 1. The topological polar surface area (TPSA) is 60.1 Å². The Labute approximate surface area is 95.1 Å². The molecule has 0 bridgehead atoms. The second kappa shape index (κ2) is 4.50. The molecule has 0 aliphatic carbocycles. The van der Waals surface area contributed by atoms with Gasteiger partial charge in [-0.1, -0.05) is 6.07 Å². The highest BCUT2D eigenvalue weighted by molar-refractivity contribution is 5.46. The van der Waals surface area contributed by atoms with E-state index in [4.69, 9.17) is 5.26 Å². The predicted octanol–water partition coefficient (Wildman–Crippen LogP) is 1.22. The van der Waals surface area contributed by atoms with E-state index in [9.17, 15) is 5.11 Å². The Morgan fingerprint density at radius 1 is 1.62 bits per heavy atom. The summed E-state index contributed by atoms with van der Waals surface area (Å²) >= 11 is 0. The number of rotatable bonds is 2. The number of nitrogens with zero attached hydrogens (tertiary/aromatic N) is 3. The van der Waals surface area contributed by atoms with Gasteiger partial charge in [0.15, 0.2) is 0 Å². The van der Waals surface area contributed by atoms with Gasteiger partial charge in [0.05, 0.1) is 12.6 Å². The van der Waals surface area contributed by atoms with E-state index in [0.29, 0.717) is 5.69 Å². The first-order valence-corrected chi connectivity index (χ1v) is 5.51. The van der Waals surface area contributed by atoms with Crippen LogP contribution in [0.5, 0.6) is 0 Å².